The molecule has 0 saturated heterocycles. The van der Waals surface area contributed by atoms with Gasteiger partial charge in [-0.15, -0.1) is 0 Å². The minimum Gasteiger partial charge on any atom is -0.462 e. The molecule has 20 heavy (non-hydrogen) atoms. The molecule has 0 rings (SSSR count). The summed E-state index contributed by atoms with van der Waals surface area (Å²) in [6.07, 6.45) is 5.35. The lowest BCUT2D eigenvalue weighted by Crippen LogP contribution is -2.10. The highest BCUT2D eigenvalue weighted by Crippen LogP contribution is 2.19. The highest BCUT2D eigenvalue weighted by Gasteiger charge is 2.10. The molecule has 0 aromatic carbocycles. The Morgan fingerprint density at radius 3 is 1.90 bits per heavy atom. The van der Waals surface area contributed by atoms with E-state index in [1.54, 1.807) is 6.92 Å². The summed E-state index contributed by atoms with van der Waals surface area (Å²) in [6.45, 7) is 6.45. The molecule has 0 amide bonds. The number of hydrogen-bond acceptors (Lipinski definition) is 4. The minimum atomic E-state index is -0.229. The first-order valence-electron chi connectivity index (χ1n) is 7.55. The Labute approximate surface area is 122 Å². The molecule has 0 unspecified atom stereocenters. The second-order valence-corrected chi connectivity index (χ2v) is 5.50. The highest BCUT2D eigenvalue weighted by atomic mass is 16.5. The Hall–Kier alpha value is -0.870. The van der Waals surface area contributed by atoms with Crippen molar-refractivity contribution in [1.82, 2.24) is 0 Å². The average molecular weight is 286 g/mol. The van der Waals surface area contributed by atoms with Crippen molar-refractivity contribution in [3.63, 3.8) is 0 Å². The molecule has 0 fully saturated rings. The molecule has 0 spiro atoms. The first kappa shape index (κ1) is 19.1. The lowest BCUT2D eigenvalue weighted by atomic mass is 9.93. The SMILES string of the molecule is CC(C)=C(C)C(=O)OCCCC(CCCO)CCCO. The number of esters is 1. The number of aliphatic hydroxyl groups is 2. The van der Waals surface area contributed by atoms with Crippen LogP contribution >= 0.6 is 0 Å². The molecular weight excluding hydrogens is 256 g/mol. The van der Waals surface area contributed by atoms with E-state index in [1.165, 1.54) is 0 Å². The van der Waals surface area contributed by atoms with Gasteiger partial charge in [-0.25, -0.2) is 4.79 Å². The lowest BCUT2D eigenvalue weighted by Gasteiger charge is -2.16. The standard InChI is InChI=1S/C16H30O4/c1-13(2)14(3)16(19)20-12-6-9-15(7-4-10-17)8-5-11-18/h15,17-18H,4-12H2,1-3H3. The Bertz CT molecular complexity index is 285. The van der Waals surface area contributed by atoms with Gasteiger partial charge in [0.2, 0.25) is 0 Å². The van der Waals surface area contributed by atoms with Crippen molar-refractivity contribution < 1.29 is 19.7 Å². The highest BCUT2D eigenvalue weighted by molar-refractivity contribution is 5.88. The number of ether oxygens (including phenoxy) is 1. The Morgan fingerprint density at radius 1 is 0.950 bits per heavy atom. The van der Waals surface area contributed by atoms with Crippen LogP contribution in [0.4, 0.5) is 0 Å². The molecule has 0 saturated carbocycles. The molecule has 0 atom stereocenters. The van der Waals surface area contributed by atoms with Crippen LogP contribution in [0.2, 0.25) is 0 Å². The topological polar surface area (TPSA) is 66.8 Å². The van der Waals surface area contributed by atoms with Crippen LogP contribution in [-0.4, -0.2) is 36.0 Å². The van der Waals surface area contributed by atoms with E-state index in [9.17, 15) is 4.79 Å². The Kier molecular flexibility index (Phi) is 11.4. The normalized spacial score (nSPS) is 10.7. The number of aliphatic hydroxyl groups excluding tert-OH is 2. The maximum absolute atomic E-state index is 11.6. The van der Waals surface area contributed by atoms with Gasteiger partial charge in [0.15, 0.2) is 0 Å². The van der Waals surface area contributed by atoms with Gasteiger partial charge in [0.05, 0.1) is 6.61 Å². The number of allylic oxidation sites excluding steroid dienone is 1. The van der Waals surface area contributed by atoms with Crippen molar-refractivity contribution >= 4 is 5.97 Å². The van der Waals surface area contributed by atoms with Crippen LogP contribution < -0.4 is 0 Å². The predicted octanol–water partition coefficient (Wildman–Crippen LogP) is 2.83. The number of rotatable bonds is 11. The van der Waals surface area contributed by atoms with Gasteiger partial charge in [0.25, 0.3) is 0 Å². The zero-order chi connectivity index (χ0) is 15.4. The fraction of sp³-hybridized carbons (Fsp3) is 0.812. The molecule has 118 valence electrons. The monoisotopic (exact) mass is 286 g/mol. The third kappa shape index (κ3) is 9.10. The maximum Gasteiger partial charge on any atom is 0.333 e. The van der Waals surface area contributed by atoms with Gasteiger partial charge < -0.3 is 14.9 Å². The second-order valence-electron chi connectivity index (χ2n) is 5.50. The van der Waals surface area contributed by atoms with Crippen LogP contribution in [0, 0.1) is 5.92 Å². The van der Waals surface area contributed by atoms with E-state index in [0.717, 1.165) is 44.1 Å². The molecular formula is C16H30O4. The molecule has 4 heteroatoms. The summed E-state index contributed by atoms with van der Waals surface area (Å²) in [5, 5.41) is 17.7. The van der Waals surface area contributed by atoms with E-state index in [0.29, 0.717) is 18.1 Å². The van der Waals surface area contributed by atoms with Gasteiger partial charge in [-0.2, -0.15) is 0 Å². The average Bonchev–Trinajstić information content (AvgIpc) is 2.44. The van der Waals surface area contributed by atoms with Crippen LogP contribution in [0.3, 0.4) is 0 Å². The first-order chi connectivity index (χ1) is 9.52. The maximum atomic E-state index is 11.6. The molecule has 0 heterocycles. The molecule has 0 aromatic rings. The van der Waals surface area contributed by atoms with Gasteiger partial charge in [0, 0.05) is 18.8 Å². The van der Waals surface area contributed by atoms with Crippen molar-refractivity contribution in [3.8, 4) is 0 Å². The fourth-order valence-electron chi connectivity index (χ4n) is 2.04. The van der Waals surface area contributed by atoms with E-state index in [1.807, 2.05) is 13.8 Å². The summed E-state index contributed by atoms with van der Waals surface area (Å²) in [4.78, 5) is 11.6. The van der Waals surface area contributed by atoms with Gasteiger partial charge in [-0.05, 0) is 65.2 Å². The van der Waals surface area contributed by atoms with Gasteiger partial charge in [-0.3, -0.25) is 0 Å². The molecule has 2 N–H and O–H groups in total. The van der Waals surface area contributed by atoms with Crippen molar-refractivity contribution in [2.45, 2.75) is 59.3 Å². The van der Waals surface area contributed by atoms with Gasteiger partial charge in [-0.1, -0.05) is 5.57 Å². The summed E-state index contributed by atoms with van der Waals surface area (Å²) in [5.41, 5.74) is 1.67. The summed E-state index contributed by atoms with van der Waals surface area (Å²) >= 11 is 0. The largest absolute Gasteiger partial charge is 0.462 e. The van der Waals surface area contributed by atoms with Crippen LogP contribution in [0.15, 0.2) is 11.1 Å². The van der Waals surface area contributed by atoms with Crippen molar-refractivity contribution in [1.29, 1.82) is 0 Å². The molecule has 0 aromatic heterocycles. The Morgan fingerprint density at radius 2 is 1.45 bits per heavy atom. The number of hydrogen-bond donors (Lipinski definition) is 2. The summed E-state index contributed by atoms with van der Waals surface area (Å²) in [7, 11) is 0. The fourth-order valence-corrected chi connectivity index (χ4v) is 2.04. The van der Waals surface area contributed by atoms with Crippen LogP contribution in [0.25, 0.3) is 0 Å². The minimum absolute atomic E-state index is 0.213. The number of carbonyl (C=O) groups excluding carboxylic acids is 1. The first-order valence-corrected chi connectivity index (χ1v) is 7.55. The summed E-state index contributed by atoms with van der Waals surface area (Å²) in [6, 6.07) is 0. The summed E-state index contributed by atoms with van der Waals surface area (Å²) in [5.74, 6) is 0.268. The second kappa shape index (κ2) is 11.9. The lowest BCUT2D eigenvalue weighted by molar-refractivity contribution is -0.139. The molecule has 0 aliphatic rings. The van der Waals surface area contributed by atoms with Crippen molar-refractivity contribution in [2.75, 3.05) is 19.8 Å². The molecule has 0 aliphatic heterocycles. The predicted molar refractivity (Wildman–Crippen MR) is 80.4 cm³/mol. The van der Waals surface area contributed by atoms with E-state index in [2.05, 4.69) is 0 Å². The Balaban J connectivity index is 3.92. The smallest absolute Gasteiger partial charge is 0.333 e. The van der Waals surface area contributed by atoms with Crippen molar-refractivity contribution in [3.05, 3.63) is 11.1 Å². The molecule has 0 aliphatic carbocycles. The molecule has 4 nitrogen and oxygen atoms in total. The van der Waals surface area contributed by atoms with Crippen molar-refractivity contribution in [2.24, 2.45) is 5.92 Å². The zero-order valence-electron chi connectivity index (χ0n) is 13.2. The third-order valence-corrected chi connectivity index (χ3v) is 3.59. The van der Waals surface area contributed by atoms with E-state index < -0.39 is 0 Å². The zero-order valence-corrected chi connectivity index (χ0v) is 13.2. The van der Waals surface area contributed by atoms with E-state index >= 15 is 0 Å². The quantitative estimate of drug-likeness (QED) is 0.348. The van der Waals surface area contributed by atoms with Crippen LogP contribution in [-0.2, 0) is 9.53 Å². The van der Waals surface area contributed by atoms with E-state index in [4.69, 9.17) is 14.9 Å². The third-order valence-electron chi connectivity index (χ3n) is 3.59. The number of carbonyl (C=O) groups is 1. The van der Waals surface area contributed by atoms with Crippen LogP contribution in [0.1, 0.15) is 59.3 Å². The van der Waals surface area contributed by atoms with Crippen LogP contribution in [0.5, 0.6) is 0 Å². The van der Waals surface area contributed by atoms with Gasteiger partial charge in [0.1, 0.15) is 0 Å². The molecule has 0 radical (unpaired) electrons. The molecule has 0 bridgehead atoms. The summed E-state index contributed by atoms with van der Waals surface area (Å²) < 4.78 is 5.23. The van der Waals surface area contributed by atoms with E-state index in [-0.39, 0.29) is 19.2 Å². The van der Waals surface area contributed by atoms with Gasteiger partial charge >= 0.3 is 5.97 Å².